The quantitative estimate of drug-likeness (QED) is 0.492. The average Bonchev–Trinajstić information content (AvgIpc) is 2.83. The van der Waals surface area contributed by atoms with Crippen LogP contribution in [-0.2, 0) is 21.2 Å². The van der Waals surface area contributed by atoms with E-state index in [-0.39, 0.29) is 11.4 Å². The lowest BCUT2D eigenvalue weighted by Crippen LogP contribution is -2.41. The van der Waals surface area contributed by atoms with Crippen LogP contribution in [0.3, 0.4) is 0 Å². The number of carbonyl (C=O) groups is 1. The van der Waals surface area contributed by atoms with Crippen LogP contribution in [0.5, 0.6) is 11.5 Å². The summed E-state index contributed by atoms with van der Waals surface area (Å²) in [4.78, 5) is 12.8. The van der Waals surface area contributed by atoms with Gasteiger partial charge in [0.05, 0.1) is 24.8 Å². The summed E-state index contributed by atoms with van der Waals surface area (Å²) in [6.45, 7) is 1.90. The molecule has 0 bridgehead atoms. The largest absolute Gasteiger partial charge is 0.497 e. The summed E-state index contributed by atoms with van der Waals surface area (Å²) in [6, 6.07) is 20.7. The number of nitrogens with one attached hydrogen (secondary N) is 1. The average molecular weight is 469 g/mol. The Kier molecular flexibility index (Phi) is 7.95. The third-order valence-corrected chi connectivity index (χ3v) is 6.92. The van der Waals surface area contributed by atoms with Crippen LogP contribution in [0.15, 0.2) is 77.7 Å². The molecule has 0 spiro atoms. The third-order valence-electron chi connectivity index (χ3n) is 5.13. The number of aryl methyl sites for hydroxylation is 1. The Morgan fingerprint density at radius 2 is 1.58 bits per heavy atom. The van der Waals surface area contributed by atoms with Crippen LogP contribution >= 0.6 is 0 Å². The number of nitrogens with zero attached hydrogens (tertiary/aromatic N) is 1. The Hall–Kier alpha value is -3.52. The second-order valence-electron chi connectivity index (χ2n) is 7.47. The van der Waals surface area contributed by atoms with Gasteiger partial charge in [-0.2, -0.15) is 0 Å². The molecule has 0 atom stereocenters. The maximum Gasteiger partial charge on any atom is 0.264 e. The van der Waals surface area contributed by atoms with E-state index in [1.807, 2.05) is 31.2 Å². The van der Waals surface area contributed by atoms with Crippen molar-refractivity contribution < 1.29 is 22.7 Å². The molecular formula is C25H28N2O5S. The van der Waals surface area contributed by atoms with Gasteiger partial charge < -0.3 is 14.8 Å². The van der Waals surface area contributed by atoms with Gasteiger partial charge in [0.1, 0.15) is 18.0 Å². The van der Waals surface area contributed by atoms with Crippen LogP contribution in [0.25, 0.3) is 0 Å². The molecule has 1 amide bonds. The lowest BCUT2D eigenvalue weighted by atomic mass is 10.1. The molecule has 0 heterocycles. The fourth-order valence-corrected chi connectivity index (χ4v) is 4.66. The van der Waals surface area contributed by atoms with E-state index in [1.165, 1.54) is 7.11 Å². The highest BCUT2D eigenvalue weighted by Gasteiger charge is 2.27. The van der Waals surface area contributed by atoms with Crippen LogP contribution in [-0.4, -0.2) is 41.6 Å². The molecule has 33 heavy (non-hydrogen) atoms. The first-order valence-electron chi connectivity index (χ1n) is 10.5. The molecule has 8 heteroatoms. The zero-order chi connectivity index (χ0) is 23.8. The van der Waals surface area contributed by atoms with Gasteiger partial charge in [0.15, 0.2) is 0 Å². The first-order valence-corrected chi connectivity index (χ1v) is 11.9. The van der Waals surface area contributed by atoms with E-state index < -0.39 is 15.9 Å². The lowest BCUT2D eigenvalue weighted by molar-refractivity contribution is -0.119. The van der Waals surface area contributed by atoms with E-state index in [2.05, 4.69) is 5.32 Å². The molecule has 0 fully saturated rings. The minimum absolute atomic E-state index is 0.113. The molecule has 0 unspecified atom stereocenters. The number of benzene rings is 3. The highest BCUT2D eigenvalue weighted by molar-refractivity contribution is 7.92. The van der Waals surface area contributed by atoms with Crippen LogP contribution < -0.4 is 19.1 Å². The summed E-state index contributed by atoms with van der Waals surface area (Å²) in [7, 11) is -0.864. The highest BCUT2D eigenvalue weighted by atomic mass is 32.2. The normalized spacial score (nSPS) is 11.0. The van der Waals surface area contributed by atoms with Gasteiger partial charge in [0.25, 0.3) is 10.0 Å². The molecule has 3 aromatic carbocycles. The number of ether oxygens (including phenoxy) is 2. The number of hydrogen-bond donors (Lipinski definition) is 1. The van der Waals surface area contributed by atoms with E-state index in [0.717, 1.165) is 21.2 Å². The molecule has 1 N–H and O–H groups in total. The fraction of sp³-hybridized carbons (Fsp3) is 0.240. The number of amides is 1. The molecule has 0 aliphatic rings. The molecule has 0 saturated heterocycles. The van der Waals surface area contributed by atoms with Crippen LogP contribution in [0, 0.1) is 6.92 Å². The molecule has 0 aliphatic carbocycles. The van der Waals surface area contributed by atoms with Crippen molar-refractivity contribution in [3.63, 3.8) is 0 Å². The van der Waals surface area contributed by atoms with Crippen LogP contribution in [0.4, 0.5) is 5.69 Å². The Balaban J connectivity index is 1.77. The van der Waals surface area contributed by atoms with Gasteiger partial charge in [-0.3, -0.25) is 9.10 Å². The summed E-state index contributed by atoms with van der Waals surface area (Å²) in [5.74, 6) is 0.858. The van der Waals surface area contributed by atoms with Gasteiger partial charge in [-0.1, -0.05) is 35.9 Å². The molecule has 0 aliphatic heterocycles. The molecule has 7 nitrogen and oxygen atoms in total. The summed E-state index contributed by atoms with van der Waals surface area (Å²) in [6.07, 6.45) is 0.611. The van der Waals surface area contributed by atoms with Crippen molar-refractivity contribution in [2.75, 3.05) is 31.6 Å². The number of carbonyl (C=O) groups excluding carboxylic acids is 1. The number of methoxy groups -OCH3 is 2. The summed E-state index contributed by atoms with van der Waals surface area (Å²) in [5.41, 5.74) is 2.33. The van der Waals surface area contributed by atoms with Crippen molar-refractivity contribution in [1.29, 1.82) is 0 Å². The summed E-state index contributed by atoms with van der Waals surface area (Å²) in [5, 5.41) is 2.81. The highest BCUT2D eigenvalue weighted by Crippen LogP contribution is 2.27. The smallest absolute Gasteiger partial charge is 0.264 e. The van der Waals surface area contributed by atoms with Crippen LogP contribution in [0.2, 0.25) is 0 Å². The predicted octanol–water partition coefficient (Wildman–Crippen LogP) is 3.57. The van der Waals surface area contributed by atoms with Crippen LogP contribution in [0.1, 0.15) is 11.1 Å². The molecule has 3 aromatic rings. The third kappa shape index (κ3) is 6.26. The van der Waals surface area contributed by atoms with Crippen molar-refractivity contribution in [2.45, 2.75) is 18.2 Å². The van der Waals surface area contributed by atoms with Gasteiger partial charge >= 0.3 is 0 Å². The number of hydrogen-bond acceptors (Lipinski definition) is 5. The van der Waals surface area contributed by atoms with Gasteiger partial charge in [-0.25, -0.2) is 8.42 Å². The van der Waals surface area contributed by atoms with Crippen molar-refractivity contribution in [2.24, 2.45) is 0 Å². The molecule has 3 rings (SSSR count). The topological polar surface area (TPSA) is 84.9 Å². The molecular weight excluding hydrogens is 440 g/mol. The molecule has 0 radical (unpaired) electrons. The Bertz CT molecular complexity index is 1180. The van der Waals surface area contributed by atoms with Gasteiger partial charge in [-0.05, 0) is 55.3 Å². The number of sulfonamides is 1. The predicted molar refractivity (Wildman–Crippen MR) is 128 cm³/mol. The monoisotopic (exact) mass is 468 g/mol. The van der Waals surface area contributed by atoms with Crippen molar-refractivity contribution in [1.82, 2.24) is 5.32 Å². The van der Waals surface area contributed by atoms with E-state index in [1.54, 1.807) is 55.6 Å². The van der Waals surface area contributed by atoms with Crippen molar-refractivity contribution in [3.8, 4) is 11.5 Å². The van der Waals surface area contributed by atoms with E-state index >= 15 is 0 Å². The van der Waals surface area contributed by atoms with Gasteiger partial charge in [-0.15, -0.1) is 0 Å². The van der Waals surface area contributed by atoms with Crippen molar-refractivity contribution >= 4 is 21.6 Å². The van der Waals surface area contributed by atoms with E-state index in [4.69, 9.17) is 9.47 Å². The first-order chi connectivity index (χ1) is 15.8. The minimum Gasteiger partial charge on any atom is -0.497 e. The molecule has 0 saturated carbocycles. The van der Waals surface area contributed by atoms with Gasteiger partial charge in [0.2, 0.25) is 5.91 Å². The number of rotatable bonds is 10. The first kappa shape index (κ1) is 24.1. The summed E-state index contributed by atoms with van der Waals surface area (Å²) < 4.78 is 38.3. The molecule has 174 valence electrons. The summed E-state index contributed by atoms with van der Waals surface area (Å²) >= 11 is 0. The lowest BCUT2D eigenvalue weighted by Gasteiger charge is -2.24. The number of anilines is 1. The maximum absolute atomic E-state index is 13.4. The Morgan fingerprint density at radius 3 is 2.21 bits per heavy atom. The fourth-order valence-electron chi connectivity index (χ4n) is 3.24. The van der Waals surface area contributed by atoms with Crippen molar-refractivity contribution in [3.05, 3.63) is 83.9 Å². The van der Waals surface area contributed by atoms with E-state index in [0.29, 0.717) is 24.4 Å². The second-order valence-corrected chi connectivity index (χ2v) is 9.34. The minimum atomic E-state index is -3.97. The SMILES string of the molecule is COc1ccc(CCNC(=O)CN(c2cccc(OC)c2)S(=O)(=O)c2ccc(C)cc2)cc1. The Labute approximate surface area is 195 Å². The van der Waals surface area contributed by atoms with Gasteiger partial charge in [0, 0.05) is 12.6 Å². The van der Waals surface area contributed by atoms with E-state index in [9.17, 15) is 13.2 Å². The Morgan fingerprint density at radius 1 is 0.909 bits per heavy atom. The molecule has 0 aromatic heterocycles. The standard InChI is InChI=1S/C25H28N2O5S/c1-19-7-13-24(14-8-19)33(29,30)27(21-5-4-6-23(17-21)32-3)18-25(28)26-16-15-20-9-11-22(31-2)12-10-20/h4-14,17H,15-16,18H2,1-3H3,(H,26,28). The second kappa shape index (κ2) is 10.9. The zero-order valence-corrected chi connectivity index (χ0v) is 19.8. The zero-order valence-electron chi connectivity index (χ0n) is 18.9. The maximum atomic E-state index is 13.4.